The third-order valence-corrected chi connectivity index (χ3v) is 6.33. The SMILES string of the molecule is C[C@@H](C(=O)Nc1cccc(C#N)c1)N1CCN([C@@H](C)c2nc(-c3cccc(C(F)(F)F)c3)no2)CC1. The van der Waals surface area contributed by atoms with E-state index >= 15 is 0 Å². The molecule has 3 aromatic rings. The fourth-order valence-electron chi connectivity index (χ4n) is 4.10. The molecule has 1 aliphatic rings. The van der Waals surface area contributed by atoms with E-state index in [1.165, 1.54) is 12.1 Å². The molecule has 0 aliphatic carbocycles. The smallest absolute Gasteiger partial charge is 0.337 e. The summed E-state index contributed by atoms with van der Waals surface area (Å²) in [6, 6.07) is 13.0. The molecule has 0 radical (unpaired) electrons. The number of anilines is 1. The van der Waals surface area contributed by atoms with E-state index in [1.807, 2.05) is 13.8 Å². The third kappa shape index (κ3) is 5.72. The van der Waals surface area contributed by atoms with Crippen molar-refractivity contribution in [2.24, 2.45) is 0 Å². The van der Waals surface area contributed by atoms with Gasteiger partial charge in [-0.25, -0.2) is 0 Å². The number of aromatic nitrogens is 2. The van der Waals surface area contributed by atoms with Crippen LogP contribution in [0.25, 0.3) is 11.4 Å². The summed E-state index contributed by atoms with van der Waals surface area (Å²) < 4.78 is 44.5. The number of amides is 1. The van der Waals surface area contributed by atoms with E-state index < -0.39 is 11.7 Å². The summed E-state index contributed by atoms with van der Waals surface area (Å²) in [5.74, 6) is 0.264. The zero-order valence-electron chi connectivity index (χ0n) is 19.8. The van der Waals surface area contributed by atoms with Gasteiger partial charge in [0, 0.05) is 37.4 Å². The quantitative estimate of drug-likeness (QED) is 0.540. The van der Waals surface area contributed by atoms with E-state index in [-0.39, 0.29) is 29.4 Å². The summed E-state index contributed by atoms with van der Waals surface area (Å²) in [5.41, 5.74) is 0.509. The minimum atomic E-state index is -4.45. The molecular formula is C25H25F3N6O2. The molecule has 1 fully saturated rings. The molecule has 1 amide bonds. The number of nitrogens with one attached hydrogen (secondary N) is 1. The fourth-order valence-corrected chi connectivity index (χ4v) is 4.10. The Balaban J connectivity index is 1.34. The van der Waals surface area contributed by atoms with E-state index in [4.69, 9.17) is 9.78 Å². The van der Waals surface area contributed by atoms with Crippen LogP contribution in [0.4, 0.5) is 18.9 Å². The van der Waals surface area contributed by atoms with Gasteiger partial charge in [0.25, 0.3) is 0 Å². The number of hydrogen-bond acceptors (Lipinski definition) is 7. The molecule has 188 valence electrons. The van der Waals surface area contributed by atoms with Crippen molar-refractivity contribution in [3.63, 3.8) is 0 Å². The molecule has 0 bridgehead atoms. The van der Waals surface area contributed by atoms with Crippen molar-refractivity contribution in [2.45, 2.75) is 32.1 Å². The fraction of sp³-hybridized carbons (Fsp3) is 0.360. The molecule has 1 aromatic heterocycles. The van der Waals surface area contributed by atoms with Crippen LogP contribution in [-0.4, -0.2) is 58.1 Å². The number of alkyl halides is 3. The van der Waals surface area contributed by atoms with Crippen LogP contribution in [0.2, 0.25) is 0 Å². The number of halogens is 3. The van der Waals surface area contributed by atoms with Crippen molar-refractivity contribution < 1.29 is 22.5 Å². The Bertz CT molecular complexity index is 1260. The molecule has 1 N–H and O–H groups in total. The van der Waals surface area contributed by atoms with Crippen LogP contribution < -0.4 is 5.32 Å². The second kappa shape index (κ2) is 10.5. The van der Waals surface area contributed by atoms with E-state index in [2.05, 4.69) is 31.3 Å². The highest BCUT2D eigenvalue weighted by atomic mass is 19.4. The Labute approximate surface area is 206 Å². The van der Waals surface area contributed by atoms with Crippen molar-refractivity contribution in [1.29, 1.82) is 5.26 Å². The topological polar surface area (TPSA) is 98.3 Å². The maximum Gasteiger partial charge on any atom is 0.416 e. The van der Waals surface area contributed by atoms with Crippen molar-refractivity contribution in [3.8, 4) is 17.5 Å². The molecule has 8 nitrogen and oxygen atoms in total. The van der Waals surface area contributed by atoms with Crippen LogP contribution in [0.5, 0.6) is 0 Å². The number of carbonyl (C=O) groups excluding carboxylic acids is 1. The Hall–Kier alpha value is -3.75. The molecular weight excluding hydrogens is 473 g/mol. The standard InChI is InChI=1S/C25H25F3N6O2/c1-16(23(35)30-21-8-3-5-18(13-21)15-29)33-9-11-34(12-10-33)17(2)24-31-22(32-36-24)19-6-4-7-20(14-19)25(26,27)28/h3-8,13-14,16-17H,9-12H2,1-2H3,(H,30,35)/t16-,17-/m0/s1. The average molecular weight is 499 g/mol. The number of hydrogen-bond donors (Lipinski definition) is 1. The van der Waals surface area contributed by atoms with E-state index in [9.17, 15) is 18.0 Å². The van der Waals surface area contributed by atoms with Gasteiger partial charge in [0.15, 0.2) is 0 Å². The molecule has 11 heteroatoms. The van der Waals surface area contributed by atoms with Crippen LogP contribution >= 0.6 is 0 Å². The summed E-state index contributed by atoms with van der Waals surface area (Å²) >= 11 is 0. The number of nitrogens with zero attached hydrogens (tertiary/aromatic N) is 5. The Morgan fingerprint density at radius 3 is 2.47 bits per heavy atom. The second-order valence-corrected chi connectivity index (χ2v) is 8.64. The van der Waals surface area contributed by atoms with Gasteiger partial charge in [-0.2, -0.15) is 23.4 Å². The van der Waals surface area contributed by atoms with Crippen LogP contribution in [0.3, 0.4) is 0 Å². The Morgan fingerprint density at radius 1 is 1.08 bits per heavy atom. The highest BCUT2D eigenvalue weighted by Crippen LogP contribution is 2.32. The molecule has 1 saturated heterocycles. The lowest BCUT2D eigenvalue weighted by Gasteiger charge is -2.39. The minimum Gasteiger partial charge on any atom is -0.337 e. The van der Waals surface area contributed by atoms with Gasteiger partial charge in [-0.05, 0) is 44.2 Å². The van der Waals surface area contributed by atoms with Crippen LogP contribution in [-0.2, 0) is 11.0 Å². The number of benzene rings is 2. The highest BCUT2D eigenvalue weighted by molar-refractivity contribution is 5.94. The van der Waals surface area contributed by atoms with E-state index in [0.29, 0.717) is 43.3 Å². The predicted octanol–water partition coefficient (Wildman–Crippen LogP) is 4.33. The van der Waals surface area contributed by atoms with Crippen molar-refractivity contribution in [3.05, 3.63) is 65.5 Å². The Morgan fingerprint density at radius 2 is 1.78 bits per heavy atom. The minimum absolute atomic E-state index is 0.104. The third-order valence-electron chi connectivity index (χ3n) is 6.33. The van der Waals surface area contributed by atoms with Gasteiger partial charge in [-0.3, -0.25) is 14.6 Å². The summed E-state index contributed by atoms with van der Waals surface area (Å²) in [7, 11) is 0. The summed E-state index contributed by atoms with van der Waals surface area (Å²) in [6.07, 6.45) is -4.45. The normalized spacial score (nSPS) is 16.8. The molecule has 0 saturated carbocycles. The van der Waals surface area contributed by atoms with Crippen LogP contribution in [0.15, 0.2) is 53.1 Å². The molecule has 36 heavy (non-hydrogen) atoms. The van der Waals surface area contributed by atoms with Gasteiger partial charge in [-0.1, -0.05) is 23.4 Å². The van der Waals surface area contributed by atoms with Gasteiger partial charge in [0.05, 0.1) is 29.3 Å². The van der Waals surface area contributed by atoms with E-state index in [1.54, 1.807) is 24.3 Å². The van der Waals surface area contributed by atoms with Gasteiger partial charge < -0.3 is 9.84 Å². The van der Waals surface area contributed by atoms with Gasteiger partial charge in [0.1, 0.15) is 0 Å². The van der Waals surface area contributed by atoms with E-state index in [0.717, 1.165) is 12.1 Å². The lowest BCUT2D eigenvalue weighted by molar-refractivity contribution is -0.137. The van der Waals surface area contributed by atoms with Gasteiger partial charge in [-0.15, -0.1) is 0 Å². The first-order valence-corrected chi connectivity index (χ1v) is 11.5. The molecule has 0 unspecified atom stereocenters. The van der Waals surface area contributed by atoms with Crippen LogP contribution in [0.1, 0.15) is 36.9 Å². The van der Waals surface area contributed by atoms with Crippen LogP contribution in [0, 0.1) is 11.3 Å². The zero-order valence-corrected chi connectivity index (χ0v) is 19.8. The molecule has 4 rings (SSSR count). The molecule has 2 atom stereocenters. The lowest BCUT2D eigenvalue weighted by Crippen LogP contribution is -2.53. The molecule has 2 heterocycles. The zero-order chi connectivity index (χ0) is 25.9. The second-order valence-electron chi connectivity index (χ2n) is 8.64. The maximum absolute atomic E-state index is 13.0. The number of piperazine rings is 1. The summed E-state index contributed by atoms with van der Waals surface area (Å²) in [6.45, 7) is 6.28. The number of rotatable bonds is 6. The lowest BCUT2D eigenvalue weighted by atomic mass is 10.1. The molecule has 2 aromatic carbocycles. The number of carbonyl (C=O) groups is 1. The first-order valence-electron chi connectivity index (χ1n) is 11.5. The van der Waals surface area contributed by atoms with Crippen molar-refractivity contribution in [1.82, 2.24) is 19.9 Å². The summed E-state index contributed by atoms with van der Waals surface area (Å²) in [5, 5.41) is 15.8. The molecule has 0 spiro atoms. The maximum atomic E-state index is 13.0. The van der Waals surface area contributed by atoms with Crippen molar-refractivity contribution in [2.75, 3.05) is 31.5 Å². The number of nitriles is 1. The van der Waals surface area contributed by atoms with Gasteiger partial charge >= 0.3 is 6.18 Å². The first-order chi connectivity index (χ1) is 17.2. The van der Waals surface area contributed by atoms with Gasteiger partial charge in [0.2, 0.25) is 17.6 Å². The predicted molar refractivity (Wildman–Crippen MR) is 126 cm³/mol. The first kappa shape index (κ1) is 25.3. The highest BCUT2D eigenvalue weighted by Gasteiger charge is 2.32. The summed E-state index contributed by atoms with van der Waals surface area (Å²) in [4.78, 5) is 21.2. The monoisotopic (exact) mass is 498 g/mol. The largest absolute Gasteiger partial charge is 0.416 e. The van der Waals surface area contributed by atoms with Crippen molar-refractivity contribution >= 4 is 11.6 Å². The average Bonchev–Trinajstić information content (AvgIpc) is 3.38. The Kier molecular flexibility index (Phi) is 7.37. The molecule has 1 aliphatic heterocycles.